The van der Waals surface area contributed by atoms with E-state index in [1.165, 1.54) is 0 Å². The zero-order chi connectivity index (χ0) is 14.6. The van der Waals surface area contributed by atoms with Crippen molar-refractivity contribution < 1.29 is 4.52 Å². The number of nitrogens with one attached hydrogen (secondary N) is 1. The molecule has 1 rings (SSSR count). The Kier molecular flexibility index (Phi) is 12.1. The monoisotopic (exact) mass is 257 g/mol. The molecule has 0 aliphatic carbocycles. The highest BCUT2D eigenvalue weighted by atomic mass is 16.5. The van der Waals surface area contributed by atoms with Gasteiger partial charge in [-0.15, -0.1) is 0 Å². The molecule has 18 heavy (non-hydrogen) atoms. The lowest BCUT2D eigenvalue weighted by Gasteiger charge is -2.10. The van der Waals surface area contributed by atoms with Crippen molar-refractivity contribution in [3.05, 3.63) is 11.7 Å². The van der Waals surface area contributed by atoms with Crippen LogP contribution in [0.4, 0.5) is 0 Å². The normalized spacial score (nSPS) is 10.0. The van der Waals surface area contributed by atoms with Crippen molar-refractivity contribution in [1.29, 1.82) is 0 Å². The summed E-state index contributed by atoms with van der Waals surface area (Å²) in [5.74, 6) is 1.53. The minimum atomic E-state index is -0.0231. The average Bonchev–Trinajstić information content (AvgIpc) is 2.83. The van der Waals surface area contributed by atoms with Crippen LogP contribution in [0.25, 0.3) is 0 Å². The third-order valence-electron chi connectivity index (χ3n) is 1.96. The van der Waals surface area contributed by atoms with Crippen LogP contribution in [0, 0.1) is 0 Å². The number of hydrogen-bond acceptors (Lipinski definition) is 4. The lowest BCUT2D eigenvalue weighted by Crippen LogP contribution is -2.13. The highest BCUT2D eigenvalue weighted by molar-refractivity contribution is 4.99. The number of nitrogens with zero attached hydrogens (tertiary/aromatic N) is 2. The molecule has 0 atom stereocenters. The van der Waals surface area contributed by atoms with E-state index in [2.05, 4.69) is 36.2 Å². The first-order valence-electron chi connectivity index (χ1n) is 7.01. The summed E-state index contributed by atoms with van der Waals surface area (Å²) in [4.78, 5) is 4.35. The fraction of sp³-hybridized carbons (Fsp3) is 0.857. The highest BCUT2D eigenvalue weighted by Gasteiger charge is 2.20. The third-order valence-corrected chi connectivity index (χ3v) is 1.96. The topological polar surface area (TPSA) is 51.0 Å². The first kappa shape index (κ1) is 19.4. The quantitative estimate of drug-likeness (QED) is 0.838. The van der Waals surface area contributed by atoms with E-state index < -0.39 is 0 Å². The van der Waals surface area contributed by atoms with Gasteiger partial charge in [0.1, 0.15) is 0 Å². The van der Waals surface area contributed by atoms with Gasteiger partial charge in [-0.25, -0.2) is 0 Å². The van der Waals surface area contributed by atoms with Crippen LogP contribution in [-0.2, 0) is 11.8 Å². The van der Waals surface area contributed by atoms with E-state index in [-0.39, 0.29) is 5.41 Å². The highest BCUT2D eigenvalue weighted by Crippen LogP contribution is 2.18. The van der Waals surface area contributed by atoms with Crippen molar-refractivity contribution in [2.24, 2.45) is 0 Å². The van der Waals surface area contributed by atoms with Crippen LogP contribution in [0.3, 0.4) is 0 Å². The molecule has 0 amide bonds. The molecule has 0 aromatic carbocycles. The van der Waals surface area contributed by atoms with Gasteiger partial charge in [-0.3, -0.25) is 0 Å². The van der Waals surface area contributed by atoms with Gasteiger partial charge in [0.15, 0.2) is 5.82 Å². The van der Waals surface area contributed by atoms with E-state index >= 15 is 0 Å². The second-order valence-electron chi connectivity index (χ2n) is 4.47. The first-order valence-corrected chi connectivity index (χ1v) is 7.01. The molecule has 0 fully saturated rings. The molecule has 0 spiro atoms. The molecule has 1 N–H and O–H groups in total. The van der Waals surface area contributed by atoms with Gasteiger partial charge in [-0.2, -0.15) is 4.98 Å². The van der Waals surface area contributed by atoms with E-state index in [0.717, 1.165) is 31.1 Å². The lowest BCUT2D eigenvalue weighted by atomic mass is 9.96. The third kappa shape index (κ3) is 8.23. The molecule has 108 valence electrons. The summed E-state index contributed by atoms with van der Waals surface area (Å²) >= 11 is 0. The fourth-order valence-electron chi connectivity index (χ4n) is 1.08. The zero-order valence-electron chi connectivity index (χ0n) is 13.4. The van der Waals surface area contributed by atoms with Gasteiger partial charge in [0, 0.05) is 11.8 Å². The van der Waals surface area contributed by atoms with E-state index in [9.17, 15) is 0 Å². The van der Waals surface area contributed by atoms with Crippen molar-refractivity contribution in [1.82, 2.24) is 15.5 Å². The molecule has 0 aliphatic rings. The van der Waals surface area contributed by atoms with Crippen molar-refractivity contribution in [2.45, 2.75) is 66.7 Å². The van der Waals surface area contributed by atoms with Gasteiger partial charge in [0.25, 0.3) is 0 Å². The summed E-state index contributed by atoms with van der Waals surface area (Å²) in [6.45, 7) is 15.2. The zero-order valence-corrected chi connectivity index (χ0v) is 13.4. The van der Waals surface area contributed by atoms with Gasteiger partial charge in [-0.1, -0.05) is 53.6 Å². The SMILES string of the molecule is CC.CC.CNCCCc1nc(C(C)(C)C)no1. The maximum atomic E-state index is 5.15. The van der Waals surface area contributed by atoms with Crippen molar-refractivity contribution in [3.8, 4) is 0 Å². The Balaban J connectivity index is 0. The number of rotatable bonds is 4. The van der Waals surface area contributed by atoms with Gasteiger partial charge in [0.05, 0.1) is 0 Å². The van der Waals surface area contributed by atoms with Crippen LogP contribution >= 0.6 is 0 Å². The molecule has 0 aliphatic heterocycles. The average molecular weight is 257 g/mol. The fourth-order valence-corrected chi connectivity index (χ4v) is 1.08. The first-order chi connectivity index (χ1) is 8.54. The maximum absolute atomic E-state index is 5.15. The Bertz CT molecular complexity index is 277. The van der Waals surface area contributed by atoms with Gasteiger partial charge in [-0.05, 0) is 20.0 Å². The standard InChI is InChI=1S/C10H19N3O.2C2H6/c1-10(2,3)9-12-8(14-13-9)6-5-7-11-4;2*1-2/h11H,5-7H2,1-4H3;2*1-2H3. The minimum absolute atomic E-state index is 0.0231. The van der Waals surface area contributed by atoms with E-state index in [0.29, 0.717) is 0 Å². The molecule has 0 saturated carbocycles. The van der Waals surface area contributed by atoms with Crippen LogP contribution in [0.15, 0.2) is 4.52 Å². The smallest absolute Gasteiger partial charge is 0.226 e. The summed E-state index contributed by atoms with van der Waals surface area (Å²) in [6, 6.07) is 0. The Morgan fingerprint density at radius 2 is 1.67 bits per heavy atom. The minimum Gasteiger partial charge on any atom is -0.339 e. The summed E-state index contributed by atoms with van der Waals surface area (Å²) in [6.07, 6.45) is 1.88. The number of aryl methyl sites for hydroxylation is 1. The Hall–Kier alpha value is -0.900. The molecule has 1 aromatic heterocycles. The molecule has 1 heterocycles. The number of hydrogen-bond donors (Lipinski definition) is 1. The summed E-state index contributed by atoms with van der Waals surface area (Å²) in [5, 5.41) is 7.04. The van der Waals surface area contributed by atoms with E-state index in [1.54, 1.807) is 0 Å². The molecule has 0 radical (unpaired) electrons. The Morgan fingerprint density at radius 1 is 1.11 bits per heavy atom. The Labute approximate surface area is 113 Å². The molecular weight excluding hydrogens is 226 g/mol. The lowest BCUT2D eigenvalue weighted by molar-refractivity contribution is 0.360. The van der Waals surface area contributed by atoms with E-state index in [1.807, 2.05) is 34.7 Å². The molecule has 4 nitrogen and oxygen atoms in total. The second-order valence-corrected chi connectivity index (χ2v) is 4.47. The van der Waals surface area contributed by atoms with Crippen LogP contribution < -0.4 is 5.32 Å². The van der Waals surface area contributed by atoms with Crippen molar-refractivity contribution >= 4 is 0 Å². The maximum Gasteiger partial charge on any atom is 0.226 e. The van der Waals surface area contributed by atoms with Crippen LogP contribution in [0.2, 0.25) is 0 Å². The molecule has 4 heteroatoms. The summed E-state index contributed by atoms with van der Waals surface area (Å²) in [5.41, 5.74) is -0.0231. The Morgan fingerprint density at radius 3 is 2.06 bits per heavy atom. The second kappa shape index (κ2) is 11.2. The van der Waals surface area contributed by atoms with Crippen LogP contribution in [-0.4, -0.2) is 23.7 Å². The molecule has 1 aromatic rings. The van der Waals surface area contributed by atoms with Gasteiger partial charge in [0.2, 0.25) is 5.89 Å². The molecule has 0 saturated heterocycles. The van der Waals surface area contributed by atoms with Crippen LogP contribution in [0.1, 0.15) is 66.6 Å². The summed E-state index contributed by atoms with van der Waals surface area (Å²) in [7, 11) is 1.94. The molecular formula is C14H31N3O. The predicted molar refractivity (Wildman–Crippen MR) is 77.9 cm³/mol. The van der Waals surface area contributed by atoms with Crippen LogP contribution in [0.5, 0.6) is 0 Å². The number of aromatic nitrogens is 2. The van der Waals surface area contributed by atoms with Gasteiger partial charge >= 0.3 is 0 Å². The molecule has 0 bridgehead atoms. The van der Waals surface area contributed by atoms with Gasteiger partial charge < -0.3 is 9.84 Å². The molecule has 0 unspecified atom stereocenters. The summed E-state index contributed by atoms with van der Waals surface area (Å²) < 4.78 is 5.15. The predicted octanol–water partition coefficient (Wildman–Crippen LogP) is 3.57. The largest absolute Gasteiger partial charge is 0.339 e. The van der Waals surface area contributed by atoms with E-state index in [4.69, 9.17) is 4.52 Å². The van der Waals surface area contributed by atoms with Crippen molar-refractivity contribution in [3.63, 3.8) is 0 Å². The van der Waals surface area contributed by atoms with Crippen molar-refractivity contribution in [2.75, 3.05) is 13.6 Å².